The number of hydrogen-bond acceptors (Lipinski definition) is 4. The van der Waals surface area contributed by atoms with Crippen LogP contribution in [0.15, 0.2) is 30.3 Å². The maximum atomic E-state index is 12.3. The first kappa shape index (κ1) is 17.5. The highest BCUT2D eigenvalue weighted by Gasteiger charge is 2.27. The van der Waals surface area contributed by atoms with Crippen molar-refractivity contribution in [1.29, 1.82) is 0 Å². The smallest absolute Gasteiger partial charge is 0.333 e. The minimum atomic E-state index is -0.856. The van der Waals surface area contributed by atoms with Crippen molar-refractivity contribution < 1.29 is 19.2 Å². The van der Waals surface area contributed by atoms with Crippen molar-refractivity contribution in [2.75, 3.05) is 6.54 Å². The van der Waals surface area contributed by atoms with Crippen LogP contribution >= 0.6 is 0 Å². The second-order valence-electron chi connectivity index (χ2n) is 4.88. The molecule has 7 heteroatoms. The summed E-state index contributed by atoms with van der Waals surface area (Å²) in [6.07, 6.45) is -0.148. The Morgan fingerprint density at radius 2 is 1.82 bits per heavy atom. The summed E-state index contributed by atoms with van der Waals surface area (Å²) in [4.78, 5) is 40.9. The lowest BCUT2D eigenvalue weighted by molar-refractivity contribution is -0.0380. The fourth-order valence-corrected chi connectivity index (χ4v) is 1.52. The van der Waals surface area contributed by atoms with Crippen molar-refractivity contribution in [2.24, 2.45) is 0 Å². The van der Waals surface area contributed by atoms with Gasteiger partial charge in [-0.1, -0.05) is 30.2 Å². The Morgan fingerprint density at radius 1 is 1.18 bits per heavy atom. The lowest BCUT2D eigenvalue weighted by Gasteiger charge is -2.21. The number of amides is 4. The molecule has 0 spiro atoms. The number of imide groups is 1. The van der Waals surface area contributed by atoms with Gasteiger partial charge in [0.15, 0.2) is 0 Å². The van der Waals surface area contributed by atoms with E-state index in [-0.39, 0.29) is 11.6 Å². The molecule has 0 aliphatic rings. The van der Waals surface area contributed by atoms with Crippen LogP contribution in [0.25, 0.3) is 0 Å². The number of nitrogens with one attached hydrogen (secondary N) is 2. The van der Waals surface area contributed by atoms with Crippen molar-refractivity contribution in [3.8, 4) is 0 Å². The number of rotatable bonds is 4. The summed E-state index contributed by atoms with van der Waals surface area (Å²) in [5.74, 6) is -0.717. The molecule has 4 amide bonds. The minimum Gasteiger partial charge on any atom is -0.333 e. The van der Waals surface area contributed by atoms with Gasteiger partial charge in [-0.05, 0) is 32.4 Å². The van der Waals surface area contributed by atoms with Gasteiger partial charge >= 0.3 is 12.1 Å². The number of hydroxylamine groups is 2. The molecule has 0 aliphatic heterocycles. The molecule has 22 heavy (non-hydrogen) atoms. The molecule has 1 aromatic rings. The third-order valence-corrected chi connectivity index (χ3v) is 2.50. The predicted octanol–water partition coefficient (Wildman–Crippen LogP) is 2.30. The average molecular weight is 307 g/mol. The second-order valence-corrected chi connectivity index (χ2v) is 4.88. The lowest BCUT2D eigenvalue weighted by atomic mass is 10.2. The van der Waals surface area contributed by atoms with Gasteiger partial charge in [0.2, 0.25) is 0 Å². The Kier molecular flexibility index (Phi) is 6.88. The van der Waals surface area contributed by atoms with Gasteiger partial charge in [0.05, 0.1) is 0 Å². The Bertz CT molecular complexity index is 517. The zero-order chi connectivity index (χ0) is 16.5. The largest absolute Gasteiger partial charge is 0.432 e. The number of benzene rings is 1. The van der Waals surface area contributed by atoms with Crippen molar-refractivity contribution in [2.45, 2.75) is 33.2 Å². The molecule has 0 bridgehead atoms. The zero-order valence-corrected chi connectivity index (χ0v) is 13.0. The third kappa shape index (κ3) is 5.43. The topological polar surface area (TPSA) is 87.7 Å². The van der Waals surface area contributed by atoms with Gasteiger partial charge in [-0.25, -0.2) is 9.59 Å². The van der Waals surface area contributed by atoms with E-state index in [0.717, 1.165) is 0 Å². The highest BCUT2D eigenvalue weighted by molar-refractivity contribution is 6.03. The number of carbonyl (C=O) groups is 3. The molecule has 0 aromatic heterocycles. The van der Waals surface area contributed by atoms with Crippen LogP contribution in [0.2, 0.25) is 0 Å². The van der Waals surface area contributed by atoms with Crippen LogP contribution in [-0.4, -0.2) is 35.7 Å². The standard InChI is InChI=1S/C15H21N3O4/c1-4-10-16-15(21)22-18(14(20)17-11(2)3)13(19)12-8-6-5-7-9-12/h5-9,11H,4,10H2,1-3H3,(H,16,21)(H,17,20). The van der Waals surface area contributed by atoms with E-state index in [4.69, 9.17) is 4.84 Å². The first-order valence-electron chi connectivity index (χ1n) is 7.11. The lowest BCUT2D eigenvalue weighted by Crippen LogP contribution is -2.48. The highest BCUT2D eigenvalue weighted by Crippen LogP contribution is 2.06. The van der Waals surface area contributed by atoms with Crippen LogP contribution in [0, 0.1) is 0 Å². The first-order valence-corrected chi connectivity index (χ1v) is 7.11. The van der Waals surface area contributed by atoms with Crippen molar-refractivity contribution in [3.05, 3.63) is 35.9 Å². The highest BCUT2D eigenvalue weighted by atomic mass is 16.7. The summed E-state index contributed by atoms with van der Waals surface area (Å²) in [7, 11) is 0. The molecule has 7 nitrogen and oxygen atoms in total. The van der Waals surface area contributed by atoms with Gasteiger partial charge < -0.3 is 15.5 Å². The van der Waals surface area contributed by atoms with Crippen LogP contribution in [-0.2, 0) is 4.84 Å². The maximum absolute atomic E-state index is 12.3. The van der Waals surface area contributed by atoms with E-state index in [1.165, 1.54) is 12.1 Å². The summed E-state index contributed by atoms with van der Waals surface area (Å²) < 4.78 is 0. The fraction of sp³-hybridized carbons (Fsp3) is 0.400. The molecule has 0 saturated carbocycles. The van der Waals surface area contributed by atoms with Crippen LogP contribution in [0.5, 0.6) is 0 Å². The summed E-state index contributed by atoms with van der Waals surface area (Å²) in [6.45, 7) is 5.73. The van der Waals surface area contributed by atoms with E-state index < -0.39 is 18.0 Å². The van der Waals surface area contributed by atoms with Crippen LogP contribution in [0.3, 0.4) is 0 Å². The fourth-order valence-electron chi connectivity index (χ4n) is 1.52. The van der Waals surface area contributed by atoms with Gasteiger partial charge in [0, 0.05) is 18.2 Å². The molecular weight excluding hydrogens is 286 g/mol. The molecule has 0 unspecified atom stereocenters. The summed E-state index contributed by atoms with van der Waals surface area (Å²) in [5, 5.41) is 5.39. The molecule has 1 rings (SSSR count). The van der Waals surface area contributed by atoms with Gasteiger partial charge in [-0.15, -0.1) is 0 Å². The van der Waals surface area contributed by atoms with Crippen molar-refractivity contribution >= 4 is 18.0 Å². The predicted molar refractivity (Wildman–Crippen MR) is 81.1 cm³/mol. The Labute approximate surface area is 129 Å². The van der Waals surface area contributed by atoms with Crippen LogP contribution in [0.4, 0.5) is 9.59 Å². The summed E-state index contributed by atoms with van der Waals surface area (Å²) in [6, 6.07) is 7.11. The SMILES string of the molecule is CCCNC(=O)ON(C(=O)NC(C)C)C(=O)c1ccccc1. The molecule has 2 N–H and O–H groups in total. The van der Waals surface area contributed by atoms with Crippen LogP contribution < -0.4 is 10.6 Å². The number of hydrogen-bond donors (Lipinski definition) is 2. The molecule has 0 atom stereocenters. The molecular formula is C15H21N3O4. The van der Waals surface area contributed by atoms with E-state index in [2.05, 4.69) is 10.6 Å². The van der Waals surface area contributed by atoms with Crippen molar-refractivity contribution in [1.82, 2.24) is 15.7 Å². The van der Waals surface area contributed by atoms with Gasteiger partial charge in [-0.3, -0.25) is 4.79 Å². The van der Waals surface area contributed by atoms with E-state index in [0.29, 0.717) is 18.0 Å². The number of nitrogens with zero attached hydrogens (tertiary/aromatic N) is 1. The molecule has 0 heterocycles. The monoisotopic (exact) mass is 307 g/mol. The van der Waals surface area contributed by atoms with Gasteiger partial charge in [-0.2, -0.15) is 0 Å². The van der Waals surface area contributed by atoms with Crippen molar-refractivity contribution in [3.63, 3.8) is 0 Å². The Morgan fingerprint density at radius 3 is 2.36 bits per heavy atom. The molecule has 0 saturated heterocycles. The summed E-state index contributed by atoms with van der Waals surface area (Å²) in [5.41, 5.74) is 0.240. The Hall–Kier alpha value is -2.57. The molecule has 0 radical (unpaired) electrons. The maximum Gasteiger partial charge on any atom is 0.432 e. The molecule has 120 valence electrons. The minimum absolute atomic E-state index is 0.208. The summed E-state index contributed by atoms with van der Waals surface area (Å²) >= 11 is 0. The van der Waals surface area contributed by atoms with E-state index in [1.54, 1.807) is 32.0 Å². The van der Waals surface area contributed by atoms with Crippen LogP contribution in [0.1, 0.15) is 37.6 Å². The van der Waals surface area contributed by atoms with Gasteiger partial charge in [0.25, 0.3) is 5.91 Å². The van der Waals surface area contributed by atoms with E-state index in [9.17, 15) is 14.4 Å². The number of urea groups is 1. The average Bonchev–Trinajstić information content (AvgIpc) is 2.50. The number of carbonyl (C=O) groups excluding carboxylic acids is 3. The third-order valence-electron chi connectivity index (χ3n) is 2.50. The first-order chi connectivity index (χ1) is 10.5. The van der Waals surface area contributed by atoms with E-state index >= 15 is 0 Å². The molecule has 0 aliphatic carbocycles. The molecule has 1 aromatic carbocycles. The van der Waals surface area contributed by atoms with E-state index in [1.807, 2.05) is 6.92 Å². The second kappa shape index (κ2) is 8.66. The zero-order valence-electron chi connectivity index (χ0n) is 13.0. The Balaban J connectivity index is 2.88. The van der Waals surface area contributed by atoms with Gasteiger partial charge in [0.1, 0.15) is 0 Å². The normalized spacial score (nSPS) is 10.0. The quantitative estimate of drug-likeness (QED) is 0.835. The molecule has 0 fully saturated rings.